The third kappa shape index (κ3) is 7.65. The first-order valence-corrected chi connectivity index (χ1v) is 16.9. The van der Waals surface area contributed by atoms with Crippen molar-refractivity contribution in [2.24, 2.45) is 5.41 Å². The van der Waals surface area contributed by atoms with Crippen LogP contribution in [-0.2, 0) is 25.7 Å². The number of hydrogen-bond donors (Lipinski definition) is 3. The minimum atomic E-state index is -0.984. The van der Waals surface area contributed by atoms with Crippen LogP contribution in [0.5, 0.6) is 0 Å². The summed E-state index contributed by atoms with van der Waals surface area (Å²) >= 11 is 5.01. The summed E-state index contributed by atoms with van der Waals surface area (Å²) in [4.78, 5) is 48.0. The Labute approximate surface area is 276 Å². The van der Waals surface area contributed by atoms with Crippen LogP contribution < -0.4 is 10.6 Å². The number of nitrogens with zero attached hydrogens (tertiary/aromatic N) is 2. The maximum Gasteiger partial charge on any atom is 0.252 e. The van der Waals surface area contributed by atoms with E-state index in [4.69, 9.17) is 4.74 Å². The highest BCUT2D eigenvalue weighted by atomic mass is 79.9. The van der Waals surface area contributed by atoms with E-state index in [1.54, 1.807) is 11.3 Å². The number of ether oxygens (including phenoxy) is 1. The molecular formula is C34H41BrN4O5S. The van der Waals surface area contributed by atoms with Crippen LogP contribution in [0.25, 0.3) is 10.4 Å². The molecule has 5 rings (SSSR count). The minimum absolute atomic E-state index is 0.0157. The number of aliphatic hydroxyl groups excluding tert-OH is 1. The van der Waals surface area contributed by atoms with Crippen molar-refractivity contribution in [3.8, 4) is 10.4 Å². The summed E-state index contributed by atoms with van der Waals surface area (Å²) in [5, 5.41) is 16.6. The van der Waals surface area contributed by atoms with Crippen molar-refractivity contribution < 1.29 is 24.2 Å². The molecule has 3 amide bonds. The molecule has 11 heteroatoms. The summed E-state index contributed by atoms with van der Waals surface area (Å²) in [5.74, 6) is -1.07. The number of β-amino-alcohol motifs (C(OH)–C–C–N with tert-alkyl or cyclic N) is 1. The van der Waals surface area contributed by atoms with Gasteiger partial charge in [-0.15, -0.1) is 11.3 Å². The number of rotatable bonds is 10. The average molecular weight is 698 g/mol. The molecule has 2 unspecified atom stereocenters. The quantitative estimate of drug-likeness (QED) is 0.265. The van der Waals surface area contributed by atoms with Gasteiger partial charge in [0.2, 0.25) is 11.8 Å². The van der Waals surface area contributed by atoms with Crippen molar-refractivity contribution in [2.45, 2.75) is 90.3 Å². The predicted octanol–water partition coefficient (Wildman–Crippen LogP) is 5.30. The molecule has 2 aromatic carbocycles. The largest absolute Gasteiger partial charge is 0.391 e. The van der Waals surface area contributed by atoms with Gasteiger partial charge >= 0.3 is 0 Å². The molecule has 1 saturated heterocycles. The number of carbonyl (C=O) groups excluding carboxylic acids is 3. The third-order valence-electron chi connectivity index (χ3n) is 8.58. The number of amides is 3. The Bertz CT molecular complexity index is 1530. The molecule has 2 heterocycles. The van der Waals surface area contributed by atoms with Crippen molar-refractivity contribution in [1.82, 2.24) is 20.5 Å². The van der Waals surface area contributed by atoms with Gasteiger partial charge in [-0.3, -0.25) is 14.4 Å². The van der Waals surface area contributed by atoms with E-state index in [-0.39, 0.29) is 37.4 Å². The standard InChI is InChI=1S/C34H41BrN4O5S/c1-20(23-8-10-24(11-9-23)28-21(2)36-19-45-28)37-30(41)27-16-26(40)17-39(27)31(42)29(33(3,4)5)38-32(43)34(14-15-34)44-18-22-6-12-25(35)13-7-22/h6-13,19-20,26-27,29,40H,14-18H2,1-5H3,(H,37,41)(H,38,43)/t20-,26?,27-,29?/m0/s1. The highest BCUT2D eigenvalue weighted by Crippen LogP contribution is 2.41. The molecule has 3 N–H and O–H groups in total. The number of carbonyl (C=O) groups is 3. The first kappa shape index (κ1) is 33.2. The molecule has 45 heavy (non-hydrogen) atoms. The molecule has 1 aliphatic carbocycles. The first-order valence-electron chi connectivity index (χ1n) is 15.3. The number of likely N-dealkylation sites (tertiary alicyclic amines) is 1. The molecule has 9 nitrogen and oxygen atoms in total. The zero-order valence-corrected chi connectivity index (χ0v) is 28.7. The summed E-state index contributed by atoms with van der Waals surface area (Å²) in [6, 6.07) is 13.6. The molecule has 1 saturated carbocycles. The molecule has 1 aliphatic heterocycles. The second kappa shape index (κ2) is 13.3. The van der Waals surface area contributed by atoms with Crippen LogP contribution in [0.3, 0.4) is 0 Å². The van der Waals surface area contributed by atoms with Crippen LogP contribution in [-0.4, -0.2) is 63.0 Å². The van der Waals surface area contributed by atoms with Crippen molar-refractivity contribution in [2.75, 3.05) is 6.54 Å². The Morgan fingerprint density at radius 2 is 1.78 bits per heavy atom. The average Bonchev–Trinajstić information content (AvgIpc) is 3.51. The van der Waals surface area contributed by atoms with Gasteiger partial charge in [0.15, 0.2) is 0 Å². The van der Waals surface area contributed by atoms with Gasteiger partial charge in [0.05, 0.1) is 34.8 Å². The van der Waals surface area contributed by atoms with Gasteiger partial charge in [-0.2, -0.15) is 0 Å². The molecule has 3 aromatic rings. The molecule has 240 valence electrons. The molecular weight excluding hydrogens is 656 g/mol. The van der Waals surface area contributed by atoms with Crippen LogP contribution >= 0.6 is 27.3 Å². The molecule has 2 fully saturated rings. The number of benzene rings is 2. The lowest BCUT2D eigenvalue weighted by Gasteiger charge is -2.36. The summed E-state index contributed by atoms with van der Waals surface area (Å²) in [7, 11) is 0. The van der Waals surface area contributed by atoms with E-state index >= 15 is 0 Å². The summed E-state index contributed by atoms with van der Waals surface area (Å²) in [5.41, 5.74) is 4.09. The molecule has 0 radical (unpaired) electrons. The summed E-state index contributed by atoms with van der Waals surface area (Å²) < 4.78 is 7.04. The smallest absolute Gasteiger partial charge is 0.252 e. The van der Waals surface area contributed by atoms with Crippen LogP contribution in [0.15, 0.2) is 58.5 Å². The Kier molecular flexibility index (Phi) is 9.84. The Hall–Kier alpha value is -3.12. The number of aryl methyl sites for hydroxylation is 1. The van der Waals surface area contributed by atoms with Gasteiger partial charge < -0.3 is 25.4 Å². The summed E-state index contributed by atoms with van der Waals surface area (Å²) in [6.45, 7) is 9.79. The van der Waals surface area contributed by atoms with E-state index in [1.165, 1.54) is 4.90 Å². The topological polar surface area (TPSA) is 121 Å². The van der Waals surface area contributed by atoms with Crippen LogP contribution in [0.1, 0.15) is 69.8 Å². The van der Waals surface area contributed by atoms with E-state index in [0.29, 0.717) is 12.8 Å². The molecule has 4 atom stereocenters. The van der Waals surface area contributed by atoms with E-state index in [2.05, 4.69) is 31.5 Å². The fourth-order valence-electron chi connectivity index (χ4n) is 5.63. The monoisotopic (exact) mass is 696 g/mol. The Morgan fingerprint density at radius 3 is 2.36 bits per heavy atom. The predicted molar refractivity (Wildman–Crippen MR) is 177 cm³/mol. The van der Waals surface area contributed by atoms with E-state index in [9.17, 15) is 19.5 Å². The van der Waals surface area contributed by atoms with Crippen LogP contribution in [0, 0.1) is 12.3 Å². The number of nitrogens with one attached hydrogen (secondary N) is 2. The maximum atomic E-state index is 14.1. The van der Waals surface area contributed by atoms with Gasteiger partial charge in [-0.1, -0.05) is 73.1 Å². The fraction of sp³-hybridized carbons (Fsp3) is 0.471. The van der Waals surface area contributed by atoms with Crippen molar-refractivity contribution >= 4 is 45.0 Å². The zero-order valence-electron chi connectivity index (χ0n) is 26.3. The molecule has 0 spiro atoms. The fourth-order valence-corrected chi connectivity index (χ4v) is 6.71. The van der Waals surface area contributed by atoms with Crippen molar-refractivity contribution in [1.29, 1.82) is 0 Å². The van der Waals surface area contributed by atoms with E-state index in [0.717, 1.165) is 31.7 Å². The maximum absolute atomic E-state index is 14.1. The Balaban J connectivity index is 1.24. The minimum Gasteiger partial charge on any atom is -0.391 e. The highest BCUT2D eigenvalue weighted by molar-refractivity contribution is 9.10. The van der Waals surface area contributed by atoms with E-state index in [1.807, 2.05) is 88.7 Å². The molecule has 1 aromatic heterocycles. The zero-order chi connectivity index (χ0) is 32.5. The van der Waals surface area contributed by atoms with Gasteiger partial charge in [0, 0.05) is 17.4 Å². The lowest BCUT2D eigenvalue weighted by molar-refractivity contribution is -0.147. The first-order chi connectivity index (χ1) is 21.3. The second-order valence-corrected chi connectivity index (χ2v) is 15.0. The lowest BCUT2D eigenvalue weighted by atomic mass is 9.85. The van der Waals surface area contributed by atoms with E-state index < -0.39 is 35.1 Å². The number of hydrogen-bond acceptors (Lipinski definition) is 7. The van der Waals surface area contributed by atoms with Crippen LogP contribution in [0.4, 0.5) is 0 Å². The SMILES string of the molecule is Cc1ncsc1-c1ccc([C@H](C)NC(=O)[C@@H]2CC(O)CN2C(=O)C(NC(=O)C2(OCc3ccc(Br)cc3)CC2)C(C)(C)C)cc1. The number of halogens is 1. The van der Waals surface area contributed by atoms with Crippen molar-refractivity contribution in [3.05, 3.63) is 75.3 Å². The van der Waals surface area contributed by atoms with Crippen LogP contribution in [0.2, 0.25) is 0 Å². The number of aliphatic hydroxyl groups is 1. The van der Waals surface area contributed by atoms with Gasteiger partial charge in [0.1, 0.15) is 17.7 Å². The second-order valence-electron chi connectivity index (χ2n) is 13.2. The molecule has 0 bridgehead atoms. The Morgan fingerprint density at radius 1 is 1.11 bits per heavy atom. The van der Waals surface area contributed by atoms with Gasteiger partial charge in [-0.05, 0) is 60.9 Å². The lowest BCUT2D eigenvalue weighted by Crippen LogP contribution is -2.59. The third-order valence-corrected chi connectivity index (χ3v) is 10.1. The normalized spacial score (nSPS) is 20.4. The number of thiazole rings is 1. The van der Waals surface area contributed by atoms with Gasteiger partial charge in [-0.25, -0.2) is 4.98 Å². The van der Waals surface area contributed by atoms with Crippen molar-refractivity contribution in [3.63, 3.8) is 0 Å². The molecule has 2 aliphatic rings. The highest BCUT2D eigenvalue weighted by Gasteiger charge is 2.54. The van der Waals surface area contributed by atoms with Gasteiger partial charge in [0.25, 0.3) is 5.91 Å². The number of aromatic nitrogens is 1. The summed E-state index contributed by atoms with van der Waals surface area (Å²) in [6.07, 6.45) is 0.411.